The van der Waals surface area contributed by atoms with Crippen LogP contribution in [-0.4, -0.2) is 0 Å². The smallest absolute Gasteiger partial charge is 0.111 e. The van der Waals surface area contributed by atoms with Gasteiger partial charge in [-0.2, -0.15) is 0 Å². The standard InChI is InChI=1S/C18H16O/c1-3-7-15(8-4-1)13-17-11-12-19-18(17)14-16-9-5-2-6-10-16/h1-12H,13-14H2. The zero-order chi connectivity index (χ0) is 12.9. The third-order valence-corrected chi connectivity index (χ3v) is 3.28. The fourth-order valence-electron chi connectivity index (χ4n) is 2.28. The summed E-state index contributed by atoms with van der Waals surface area (Å²) in [6, 6.07) is 23.0. The molecule has 1 heterocycles. The van der Waals surface area contributed by atoms with Gasteiger partial charge in [-0.25, -0.2) is 0 Å². The Kier molecular flexibility index (Phi) is 3.46. The van der Waals surface area contributed by atoms with Gasteiger partial charge < -0.3 is 4.42 Å². The highest BCUT2D eigenvalue weighted by Crippen LogP contribution is 2.19. The maximum absolute atomic E-state index is 5.64. The molecule has 0 saturated carbocycles. The summed E-state index contributed by atoms with van der Waals surface area (Å²) in [6.45, 7) is 0. The van der Waals surface area contributed by atoms with Crippen molar-refractivity contribution in [2.75, 3.05) is 0 Å². The summed E-state index contributed by atoms with van der Waals surface area (Å²) in [5.74, 6) is 1.06. The van der Waals surface area contributed by atoms with Crippen molar-refractivity contribution in [3.8, 4) is 0 Å². The average molecular weight is 248 g/mol. The normalized spacial score (nSPS) is 10.5. The first-order valence-electron chi connectivity index (χ1n) is 6.55. The van der Waals surface area contributed by atoms with Crippen LogP contribution in [0.5, 0.6) is 0 Å². The molecule has 1 nitrogen and oxygen atoms in total. The minimum absolute atomic E-state index is 0.857. The molecule has 0 fully saturated rings. The Hall–Kier alpha value is -2.28. The van der Waals surface area contributed by atoms with E-state index in [0.29, 0.717) is 0 Å². The van der Waals surface area contributed by atoms with E-state index in [1.165, 1.54) is 16.7 Å². The molecule has 1 heteroatoms. The van der Waals surface area contributed by atoms with Crippen LogP contribution >= 0.6 is 0 Å². The van der Waals surface area contributed by atoms with Crippen molar-refractivity contribution in [1.82, 2.24) is 0 Å². The summed E-state index contributed by atoms with van der Waals surface area (Å²) in [5.41, 5.74) is 3.88. The lowest BCUT2D eigenvalue weighted by atomic mass is 10.0. The lowest BCUT2D eigenvalue weighted by molar-refractivity contribution is 0.517. The molecule has 19 heavy (non-hydrogen) atoms. The van der Waals surface area contributed by atoms with Gasteiger partial charge in [0.1, 0.15) is 5.76 Å². The highest BCUT2D eigenvalue weighted by atomic mass is 16.3. The lowest BCUT2D eigenvalue weighted by Crippen LogP contribution is -1.93. The largest absolute Gasteiger partial charge is 0.469 e. The van der Waals surface area contributed by atoms with E-state index in [0.717, 1.165) is 18.6 Å². The number of hydrogen-bond donors (Lipinski definition) is 0. The molecule has 0 bridgehead atoms. The van der Waals surface area contributed by atoms with E-state index in [1.54, 1.807) is 6.26 Å². The zero-order valence-electron chi connectivity index (χ0n) is 10.8. The Balaban J connectivity index is 1.79. The molecule has 0 spiro atoms. The van der Waals surface area contributed by atoms with Gasteiger partial charge in [-0.1, -0.05) is 60.7 Å². The van der Waals surface area contributed by atoms with Crippen LogP contribution < -0.4 is 0 Å². The molecule has 2 aromatic carbocycles. The number of furan rings is 1. The molecular weight excluding hydrogens is 232 g/mol. The zero-order valence-corrected chi connectivity index (χ0v) is 10.8. The van der Waals surface area contributed by atoms with Crippen molar-refractivity contribution in [3.63, 3.8) is 0 Å². The Labute approximate surface area is 113 Å². The van der Waals surface area contributed by atoms with E-state index >= 15 is 0 Å². The van der Waals surface area contributed by atoms with Crippen LogP contribution in [0.1, 0.15) is 22.5 Å². The summed E-state index contributed by atoms with van der Waals surface area (Å²) in [5, 5.41) is 0. The Morgan fingerprint density at radius 2 is 1.21 bits per heavy atom. The Morgan fingerprint density at radius 3 is 1.84 bits per heavy atom. The molecule has 1 aromatic heterocycles. The van der Waals surface area contributed by atoms with Crippen LogP contribution in [0.3, 0.4) is 0 Å². The molecule has 0 aliphatic carbocycles. The Morgan fingerprint density at radius 1 is 0.632 bits per heavy atom. The van der Waals surface area contributed by atoms with Gasteiger partial charge in [-0.3, -0.25) is 0 Å². The molecule has 3 rings (SSSR count). The minimum atomic E-state index is 0.857. The van der Waals surface area contributed by atoms with Gasteiger partial charge in [0.2, 0.25) is 0 Å². The third-order valence-electron chi connectivity index (χ3n) is 3.28. The van der Waals surface area contributed by atoms with Crippen LogP contribution in [0.25, 0.3) is 0 Å². The van der Waals surface area contributed by atoms with Crippen LogP contribution in [0.15, 0.2) is 77.4 Å². The molecule has 94 valence electrons. The van der Waals surface area contributed by atoms with E-state index < -0.39 is 0 Å². The van der Waals surface area contributed by atoms with Gasteiger partial charge in [0.25, 0.3) is 0 Å². The topological polar surface area (TPSA) is 13.1 Å². The number of benzene rings is 2. The number of hydrogen-bond acceptors (Lipinski definition) is 1. The minimum Gasteiger partial charge on any atom is -0.469 e. The second kappa shape index (κ2) is 5.57. The van der Waals surface area contributed by atoms with Crippen molar-refractivity contribution in [2.24, 2.45) is 0 Å². The van der Waals surface area contributed by atoms with Crippen molar-refractivity contribution >= 4 is 0 Å². The SMILES string of the molecule is c1ccc(Cc2ccoc2Cc2ccccc2)cc1. The van der Waals surface area contributed by atoms with Crippen molar-refractivity contribution in [3.05, 3.63) is 95.4 Å². The van der Waals surface area contributed by atoms with E-state index in [2.05, 4.69) is 54.6 Å². The Bertz CT molecular complexity index is 567. The van der Waals surface area contributed by atoms with Crippen LogP contribution in [0, 0.1) is 0 Å². The summed E-state index contributed by atoms with van der Waals surface area (Å²) in [4.78, 5) is 0. The number of rotatable bonds is 4. The van der Waals surface area contributed by atoms with Gasteiger partial charge >= 0.3 is 0 Å². The van der Waals surface area contributed by atoms with Crippen molar-refractivity contribution < 1.29 is 4.42 Å². The molecular formula is C18H16O. The first-order chi connectivity index (χ1) is 9.42. The highest BCUT2D eigenvalue weighted by Gasteiger charge is 2.07. The maximum Gasteiger partial charge on any atom is 0.111 e. The maximum atomic E-state index is 5.64. The van der Waals surface area contributed by atoms with Gasteiger partial charge in [0.05, 0.1) is 6.26 Å². The molecule has 0 atom stereocenters. The predicted molar refractivity (Wildman–Crippen MR) is 77.2 cm³/mol. The molecule has 0 saturated heterocycles. The first-order valence-corrected chi connectivity index (χ1v) is 6.55. The highest BCUT2D eigenvalue weighted by molar-refractivity contribution is 5.30. The summed E-state index contributed by atoms with van der Waals surface area (Å²) in [7, 11) is 0. The molecule has 0 N–H and O–H groups in total. The summed E-state index contributed by atoms with van der Waals surface area (Å²) >= 11 is 0. The van der Waals surface area contributed by atoms with E-state index in [1.807, 2.05) is 12.1 Å². The summed E-state index contributed by atoms with van der Waals surface area (Å²) < 4.78 is 5.64. The monoisotopic (exact) mass is 248 g/mol. The lowest BCUT2D eigenvalue weighted by Gasteiger charge is -2.03. The fraction of sp³-hybridized carbons (Fsp3) is 0.111. The average Bonchev–Trinajstić information content (AvgIpc) is 2.88. The van der Waals surface area contributed by atoms with Gasteiger partial charge in [0.15, 0.2) is 0 Å². The first kappa shape index (κ1) is 11.8. The molecule has 0 amide bonds. The molecule has 0 aliphatic heterocycles. The fourth-order valence-corrected chi connectivity index (χ4v) is 2.28. The van der Waals surface area contributed by atoms with Crippen molar-refractivity contribution in [2.45, 2.75) is 12.8 Å². The molecule has 0 radical (unpaired) electrons. The summed E-state index contributed by atoms with van der Waals surface area (Å²) in [6.07, 6.45) is 3.58. The van der Waals surface area contributed by atoms with Gasteiger partial charge in [-0.05, 0) is 22.8 Å². The van der Waals surface area contributed by atoms with E-state index in [9.17, 15) is 0 Å². The van der Waals surface area contributed by atoms with Gasteiger partial charge in [0, 0.05) is 12.8 Å². The van der Waals surface area contributed by atoms with E-state index in [4.69, 9.17) is 4.42 Å². The molecule has 0 unspecified atom stereocenters. The predicted octanol–water partition coefficient (Wildman–Crippen LogP) is 4.46. The molecule has 3 aromatic rings. The second-order valence-electron chi connectivity index (χ2n) is 4.69. The van der Waals surface area contributed by atoms with Crippen LogP contribution in [0.4, 0.5) is 0 Å². The van der Waals surface area contributed by atoms with E-state index in [-0.39, 0.29) is 0 Å². The van der Waals surface area contributed by atoms with Crippen molar-refractivity contribution in [1.29, 1.82) is 0 Å². The van der Waals surface area contributed by atoms with Gasteiger partial charge in [-0.15, -0.1) is 0 Å². The molecule has 0 aliphatic rings. The second-order valence-corrected chi connectivity index (χ2v) is 4.69. The van der Waals surface area contributed by atoms with Crippen LogP contribution in [0.2, 0.25) is 0 Å². The van der Waals surface area contributed by atoms with Crippen LogP contribution in [-0.2, 0) is 12.8 Å². The third kappa shape index (κ3) is 2.94. The quantitative estimate of drug-likeness (QED) is 0.664.